The minimum Gasteiger partial charge on any atom is -0.394 e. The quantitative estimate of drug-likeness (QED) is 0.443. The molecule has 0 saturated heterocycles. The first-order chi connectivity index (χ1) is 14.0. The van der Waals surface area contributed by atoms with Gasteiger partial charge in [-0.1, -0.05) is 37.2 Å². The monoisotopic (exact) mass is 477 g/mol. The number of aliphatic hydroxyl groups excluding tert-OH is 1. The molecule has 30 heavy (non-hydrogen) atoms. The highest BCUT2D eigenvalue weighted by Crippen LogP contribution is 2.36. The number of halogens is 2. The van der Waals surface area contributed by atoms with Gasteiger partial charge in [0.2, 0.25) is 21.9 Å². The fraction of sp³-hybridized carbons (Fsp3) is 0.500. The van der Waals surface area contributed by atoms with Crippen molar-refractivity contribution in [1.29, 1.82) is 0 Å². The highest BCUT2D eigenvalue weighted by atomic mass is 35.5. The van der Waals surface area contributed by atoms with E-state index in [0.29, 0.717) is 22.9 Å². The van der Waals surface area contributed by atoms with Gasteiger partial charge in [-0.2, -0.15) is 15.0 Å². The predicted octanol–water partition coefficient (Wildman–Crippen LogP) is 3.71. The maximum Gasteiger partial charge on any atom is 0.242 e. The topological polar surface area (TPSA) is 117 Å². The Morgan fingerprint density at radius 1 is 1.20 bits per heavy atom. The first-order valence-corrected chi connectivity index (χ1v) is 12.3. The van der Waals surface area contributed by atoms with Crippen LogP contribution in [0.25, 0.3) is 0 Å². The van der Waals surface area contributed by atoms with Crippen molar-refractivity contribution in [3.8, 4) is 0 Å². The van der Waals surface area contributed by atoms with Gasteiger partial charge in [0.1, 0.15) is 5.82 Å². The summed E-state index contributed by atoms with van der Waals surface area (Å²) >= 11 is 7.10. The molecule has 8 nitrogen and oxygen atoms in total. The molecule has 2 aromatic rings. The molecule has 1 heterocycles. The lowest BCUT2D eigenvalue weighted by Gasteiger charge is -2.19. The summed E-state index contributed by atoms with van der Waals surface area (Å²) in [6.07, 6.45) is 1.64. The first-order valence-electron chi connectivity index (χ1n) is 9.19. The molecule has 2 atom stereocenters. The van der Waals surface area contributed by atoms with E-state index in [2.05, 4.69) is 25.0 Å². The van der Waals surface area contributed by atoms with Gasteiger partial charge in [0, 0.05) is 15.8 Å². The van der Waals surface area contributed by atoms with Crippen molar-refractivity contribution < 1.29 is 17.9 Å². The van der Waals surface area contributed by atoms with Gasteiger partial charge >= 0.3 is 0 Å². The summed E-state index contributed by atoms with van der Waals surface area (Å²) in [6.45, 7) is 5.63. The van der Waals surface area contributed by atoms with Gasteiger partial charge in [-0.3, -0.25) is 4.72 Å². The lowest BCUT2D eigenvalue weighted by Crippen LogP contribution is -2.27. The van der Waals surface area contributed by atoms with E-state index in [9.17, 15) is 17.9 Å². The maximum atomic E-state index is 14.2. The lowest BCUT2D eigenvalue weighted by molar-refractivity contribution is 0.259. The van der Waals surface area contributed by atoms with Gasteiger partial charge in [0.05, 0.1) is 18.9 Å². The van der Waals surface area contributed by atoms with E-state index in [1.165, 1.54) is 18.2 Å². The zero-order chi connectivity index (χ0) is 22.5. The molecule has 0 amide bonds. The van der Waals surface area contributed by atoms with Gasteiger partial charge in [0.25, 0.3) is 0 Å². The van der Waals surface area contributed by atoms with Crippen molar-refractivity contribution in [3.63, 3.8) is 0 Å². The summed E-state index contributed by atoms with van der Waals surface area (Å²) in [4.78, 5) is 12.5. The van der Waals surface area contributed by atoms with Crippen LogP contribution in [0.5, 0.6) is 0 Å². The summed E-state index contributed by atoms with van der Waals surface area (Å²) in [5, 5.41) is 12.8. The fourth-order valence-electron chi connectivity index (χ4n) is 2.66. The summed E-state index contributed by atoms with van der Waals surface area (Å²) in [5.74, 6) is -0.169. The van der Waals surface area contributed by atoms with Crippen LogP contribution in [0, 0.1) is 11.7 Å². The van der Waals surface area contributed by atoms with Crippen LogP contribution >= 0.6 is 23.4 Å². The number of hydrogen-bond donors (Lipinski definition) is 3. The number of hydrogen-bond acceptors (Lipinski definition) is 8. The zero-order valence-corrected chi connectivity index (χ0v) is 19.4. The van der Waals surface area contributed by atoms with E-state index in [-0.39, 0.29) is 29.7 Å². The number of sulfonamides is 1. The Morgan fingerprint density at radius 2 is 1.87 bits per heavy atom. The van der Waals surface area contributed by atoms with Crippen LogP contribution in [-0.2, 0) is 10.0 Å². The highest BCUT2D eigenvalue weighted by molar-refractivity contribution is 7.99. The SMILES string of the molecule is CC(C)C[C@H](CO)Nc1nc(NS(C)(=O)=O)nc(SC(C)c2cc(Cl)ccc2F)n1. The third-order valence-electron chi connectivity index (χ3n) is 3.88. The zero-order valence-electron chi connectivity index (χ0n) is 17.1. The van der Waals surface area contributed by atoms with Crippen molar-refractivity contribution in [1.82, 2.24) is 15.0 Å². The second-order valence-electron chi connectivity index (χ2n) is 7.22. The van der Waals surface area contributed by atoms with Crippen molar-refractivity contribution in [3.05, 3.63) is 34.6 Å². The normalized spacial score (nSPS) is 13.9. The van der Waals surface area contributed by atoms with Crippen molar-refractivity contribution >= 4 is 45.3 Å². The number of nitrogens with one attached hydrogen (secondary N) is 2. The fourth-order valence-corrected chi connectivity index (χ4v) is 4.17. The molecule has 0 bridgehead atoms. The van der Waals surface area contributed by atoms with Crippen LogP contribution in [0.15, 0.2) is 23.4 Å². The smallest absolute Gasteiger partial charge is 0.242 e. The highest BCUT2D eigenvalue weighted by Gasteiger charge is 2.19. The van der Waals surface area contributed by atoms with Crippen molar-refractivity contribution in [2.75, 3.05) is 22.9 Å². The molecule has 0 saturated carbocycles. The van der Waals surface area contributed by atoms with Crippen LogP contribution in [0.2, 0.25) is 5.02 Å². The second-order valence-corrected chi connectivity index (χ2v) is 10.7. The van der Waals surface area contributed by atoms with E-state index in [1.54, 1.807) is 6.92 Å². The first kappa shape index (κ1) is 24.6. The molecule has 166 valence electrons. The van der Waals surface area contributed by atoms with E-state index < -0.39 is 21.1 Å². The molecule has 1 aromatic carbocycles. The number of nitrogens with zero attached hydrogens (tertiary/aromatic N) is 3. The lowest BCUT2D eigenvalue weighted by atomic mass is 10.0. The molecule has 1 unspecified atom stereocenters. The van der Waals surface area contributed by atoms with Crippen LogP contribution < -0.4 is 10.0 Å². The minimum absolute atomic E-state index is 0.108. The summed E-state index contributed by atoms with van der Waals surface area (Å²) in [5.41, 5.74) is 0.369. The average Bonchev–Trinajstić information content (AvgIpc) is 2.61. The molecule has 0 spiro atoms. The second kappa shape index (κ2) is 10.6. The van der Waals surface area contributed by atoms with Gasteiger partial charge in [-0.05, 0) is 37.5 Å². The number of anilines is 2. The Balaban J connectivity index is 2.34. The Hall–Kier alpha value is -1.69. The molecule has 0 radical (unpaired) electrons. The van der Waals surface area contributed by atoms with E-state index in [0.717, 1.165) is 18.0 Å². The van der Waals surface area contributed by atoms with Gasteiger partial charge in [-0.15, -0.1) is 0 Å². The minimum atomic E-state index is -3.62. The molecular formula is C18H25ClFN5O3S2. The summed E-state index contributed by atoms with van der Waals surface area (Å²) in [6, 6.07) is 3.94. The van der Waals surface area contributed by atoms with Crippen molar-refractivity contribution in [2.45, 2.75) is 43.6 Å². The Bertz CT molecular complexity index is 978. The standard InChI is InChI=1S/C18H25ClFN5O3S2/c1-10(2)7-13(9-26)21-16-22-17(25-30(4,27)28)24-18(23-16)29-11(3)14-8-12(19)5-6-15(14)20/h5-6,8,10-11,13,26H,7,9H2,1-4H3,(H2,21,22,23,24,25)/t11?,13-/m1/s1. The number of aromatic nitrogens is 3. The van der Waals surface area contributed by atoms with E-state index >= 15 is 0 Å². The molecule has 12 heteroatoms. The maximum absolute atomic E-state index is 14.2. The van der Waals surface area contributed by atoms with Gasteiger partial charge in [0.15, 0.2) is 5.16 Å². The molecule has 0 aliphatic rings. The largest absolute Gasteiger partial charge is 0.394 e. The third-order valence-corrected chi connectivity index (χ3v) is 5.67. The van der Waals surface area contributed by atoms with E-state index in [4.69, 9.17) is 11.6 Å². The molecule has 0 aliphatic heterocycles. The van der Waals surface area contributed by atoms with E-state index in [1.807, 2.05) is 13.8 Å². The Labute approximate surface area is 185 Å². The van der Waals surface area contributed by atoms with Crippen molar-refractivity contribution in [2.24, 2.45) is 5.92 Å². The number of aliphatic hydroxyl groups is 1. The van der Waals surface area contributed by atoms with Gasteiger partial charge < -0.3 is 10.4 Å². The average molecular weight is 478 g/mol. The summed E-state index contributed by atoms with van der Waals surface area (Å²) in [7, 11) is -3.62. The molecule has 0 fully saturated rings. The summed E-state index contributed by atoms with van der Waals surface area (Å²) < 4.78 is 39.7. The molecule has 0 aliphatic carbocycles. The molecule has 1 aromatic heterocycles. The van der Waals surface area contributed by atoms with Crippen LogP contribution in [-0.4, -0.2) is 47.4 Å². The van der Waals surface area contributed by atoms with Crippen LogP contribution in [0.1, 0.15) is 38.0 Å². The number of thioether (sulfide) groups is 1. The molecular weight excluding hydrogens is 453 g/mol. The number of rotatable bonds is 10. The Kier molecular flexibility index (Phi) is 8.65. The number of benzene rings is 1. The van der Waals surface area contributed by atoms with Gasteiger partial charge in [-0.25, -0.2) is 12.8 Å². The molecule has 2 rings (SSSR count). The van der Waals surface area contributed by atoms with Crippen LogP contribution in [0.3, 0.4) is 0 Å². The molecule has 3 N–H and O–H groups in total. The predicted molar refractivity (Wildman–Crippen MR) is 118 cm³/mol. The Morgan fingerprint density at radius 3 is 2.47 bits per heavy atom. The van der Waals surface area contributed by atoms with Crippen LogP contribution in [0.4, 0.5) is 16.3 Å². The third kappa shape index (κ3) is 7.86.